The van der Waals surface area contributed by atoms with Crippen molar-refractivity contribution in [2.45, 2.75) is 25.8 Å². The SMILES string of the molecule is CCNC(CCN1CCC(COC)C1)c1cccc(Cl)c1. The molecule has 0 aliphatic carbocycles. The Labute approximate surface area is 133 Å². The Balaban J connectivity index is 1.86. The van der Waals surface area contributed by atoms with Crippen molar-refractivity contribution in [2.75, 3.05) is 39.9 Å². The molecule has 1 heterocycles. The van der Waals surface area contributed by atoms with Gasteiger partial charge in [-0.2, -0.15) is 0 Å². The first-order valence-corrected chi connectivity index (χ1v) is 8.30. The lowest BCUT2D eigenvalue weighted by Crippen LogP contribution is -2.28. The van der Waals surface area contributed by atoms with Crippen molar-refractivity contribution < 1.29 is 4.74 Å². The van der Waals surface area contributed by atoms with Crippen LogP contribution < -0.4 is 5.32 Å². The average Bonchev–Trinajstić information content (AvgIpc) is 2.91. The number of nitrogens with one attached hydrogen (secondary N) is 1. The highest BCUT2D eigenvalue weighted by molar-refractivity contribution is 6.30. The van der Waals surface area contributed by atoms with E-state index in [0.717, 1.165) is 31.1 Å². The Morgan fingerprint density at radius 3 is 3.05 bits per heavy atom. The van der Waals surface area contributed by atoms with Crippen LogP contribution in [0.4, 0.5) is 0 Å². The van der Waals surface area contributed by atoms with Gasteiger partial charge in [-0.05, 0) is 56.1 Å². The van der Waals surface area contributed by atoms with Crippen LogP contribution in [-0.2, 0) is 4.74 Å². The highest BCUT2D eigenvalue weighted by atomic mass is 35.5. The maximum Gasteiger partial charge on any atom is 0.0503 e. The molecule has 118 valence electrons. The number of hydrogen-bond donors (Lipinski definition) is 1. The van der Waals surface area contributed by atoms with E-state index in [2.05, 4.69) is 29.3 Å². The predicted octanol–water partition coefficient (Wildman–Crippen LogP) is 3.35. The summed E-state index contributed by atoms with van der Waals surface area (Å²) in [6.07, 6.45) is 2.38. The molecule has 1 aliphatic heterocycles. The first-order chi connectivity index (χ1) is 10.2. The molecule has 0 spiro atoms. The van der Waals surface area contributed by atoms with Gasteiger partial charge in [0.1, 0.15) is 0 Å². The quantitative estimate of drug-likeness (QED) is 0.797. The van der Waals surface area contributed by atoms with E-state index in [1.165, 1.54) is 25.1 Å². The van der Waals surface area contributed by atoms with Crippen molar-refractivity contribution in [3.8, 4) is 0 Å². The summed E-state index contributed by atoms with van der Waals surface area (Å²) >= 11 is 6.12. The summed E-state index contributed by atoms with van der Waals surface area (Å²) in [6, 6.07) is 8.59. The molecule has 21 heavy (non-hydrogen) atoms. The van der Waals surface area contributed by atoms with E-state index in [1.54, 1.807) is 7.11 Å². The van der Waals surface area contributed by atoms with E-state index in [1.807, 2.05) is 12.1 Å². The lowest BCUT2D eigenvalue weighted by atomic mass is 10.0. The molecular formula is C17H27ClN2O. The van der Waals surface area contributed by atoms with Crippen molar-refractivity contribution in [3.63, 3.8) is 0 Å². The van der Waals surface area contributed by atoms with E-state index in [-0.39, 0.29) is 0 Å². The largest absolute Gasteiger partial charge is 0.384 e. The van der Waals surface area contributed by atoms with Crippen molar-refractivity contribution in [3.05, 3.63) is 34.9 Å². The van der Waals surface area contributed by atoms with Gasteiger partial charge in [0.05, 0.1) is 6.61 Å². The van der Waals surface area contributed by atoms with Gasteiger partial charge in [-0.25, -0.2) is 0 Å². The number of likely N-dealkylation sites (tertiary alicyclic amines) is 1. The van der Waals surface area contributed by atoms with Crippen molar-refractivity contribution in [1.29, 1.82) is 0 Å². The Bertz CT molecular complexity index is 427. The number of nitrogens with zero attached hydrogens (tertiary/aromatic N) is 1. The van der Waals surface area contributed by atoms with Crippen molar-refractivity contribution in [2.24, 2.45) is 5.92 Å². The molecule has 4 heteroatoms. The van der Waals surface area contributed by atoms with Crippen LogP contribution in [0.5, 0.6) is 0 Å². The van der Waals surface area contributed by atoms with Gasteiger partial charge in [-0.3, -0.25) is 0 Å². The highest BCUT2D eigenvalue weighted by Gasteiger charge is 2.23. The second-order valence-electron chi connectivity index (χ2n) is 5.86. The maximum absolute atomic E-state index is 6.12. The molecule has 2 rings (SSSR count). The first-order valence-electron chi connectivity index (χ1n) is 7.93. The molecule has 1 saturated heterocycles. The lowest BCUT2D eigenvalue weighted by Gasteiger charge is -2.22. The topological polar surface area (TPSA) is 24.5 Å². The molecule has 0 saturated carbocycles. The van der Waals surface area contributed by atoms with E-state index in [4.69, 9.17) is 16.3 Å². The zero-order chi connectivity index (χ0) is 15.1. The van der Waals surface area contributed by atoms with E-state index >= 15 is 0 Å². The fourth-order valence-corrected chi connectivity index (χ4v) is 3.35. The molecule has 1 aliphatic rings. The summed E-state index contributed by atoms with van der Waals surface area (Å²) in [5.74, 6) is 0.707. The zero-order valence-electron chi connectivity index (χ0n) is 13.1. The molecular weight excluding hydrogens is 284 g/mol. The normalized spacial score (nSPS) is 20.8. The van der Waals surface area contributed by atoms with Gasteiger partial charge in [0.15, 0.2) is 0 Å². The third-order valence-electron chi connectivity index (χ3n) is 4.21. The number of benzene rings is 1. The summed E-state index contributed by atoms with van der Waals surface area (Å²) in [7, 11) is 1.79. The summed E-state index contributed by atoms with van der Waals surface area (Å²) in [6.45, 7) is 7.52. The summed E-state index contributed by atoms with van der Waals surface area (Å²) in [5, 5.41) is 4.39. The van der Waals surface area contributed by atoms with Crippen LogP contribution in [0.2, 0.25) is 5.02 Å². The molecule has 1 aromatic rings. The smallest absolute Gasteiger partial charge is 0.0503 e. The molecule has 1 fully saturated rings. The molecule has 3 nitrogen and oxygen atoms in total. The van der Waals surface area contributed by atoms with E-state index in [0.29, 0.717) is 12.0 Å². The van der Waals surface area contributed by atoms with Crippen LogP contribution >= 0.6 is 11.6 Å². The third kappa shape index (κ3) is 5.26. The van der Waals surface area contributed by atoms with E-state index in [9.17, 15) is 0 Å². The Kier molecular flexibility index (Phi) is 6.97. The van der Waals surface area contributed by atoms with Crippen LogP contribution in [-0.4, -0.2) is 44.8 Å². The van der Waals surface area contributed by atoms with Crippen LogP contribution in [0, 0.1) is 5.92 Å². The second kappa shape index (κ2) is 8.74. The van der Waals surface area contributed by atoms with Crippen LogP contribution in [0.15, 0.2) is 24.3 Å². The Morgan fingerprint density at radius 1 is 1.48 bits per heavy atom. The first kappa shape index (κ1) is 16.8. The Morgan fingerprint density at radius 2 is 2.33 bits per heavy atom. The van der Waals surface area contributed by atoms with Gasteiger partial charge >= 0.3 is 0 Å². The minimum absolute atomic E-state index is 0.384. The monoisotopic (exact) mass is 310 g/mol. The molecule has 2 unspecified atom stereocenters. The number of hydrogen-bond acceptors (Lipinski definition) is 3. The summed E-state index contributed by atoms with van der Waals surface area (Å²) < 4.78 is 5.27. The van der Waals surface area contributed by atoms with Gasteiger partial charge in [-0.15, -0.1) is 0 Å². The average molecular weight is 311 g/mol. The molecule has 2 atom stereocenters. The molecule has 1 aromatic carbocycles. The van der Waals surface area contributed by atoms with Gasteiger partial charge < -0.3 is 15.0 Å². The fourth-order valence-electron chi connectivity index (χ4n) is 3.16. The highest BCUT2D eigenvalue weighted by Crippen LogP contribution is 2.23. The number of methoxy groups -OCH3 is 1. The minimum atomic E-state index is 0.384. The predicted molar refractivity (Wildman–Crippen MR) is 88.9 cm³/mol. The fraction of sp³-hybridized carbons (Fsp3) is 0.647. The number of rotatable bonds is 8. The van der Waals surface area contributed by atoms with Crippen molar-refractivity contribution in [1.82, 2.24) is 10.2 Å². The van der Waals surface area contributed by atoms with Gasteiger partial charge in [-0.1, -0.05) is 30.7 Å². The van der Waals surface area contributed by atoms with Crippen LogP contribution in [0.3, 0.4) is 0 Å². The van der Waals surface area contributed by atoms with E-state index < -0.39 is 0 Å². The molecule has 0 aromatic heterocycles. The van der Waals surface area contributed by atoms with Gasteiger partial charge in [0.25, 0.3) is 0 Å². The molecule has 1 N–H and O–H groups in total. The van der Waals surface area contributed by atoms with Crippen LogP contribution in [0.25, 0.3) is 0 Å². The Hall–Kier alpha value is -0.610. The standard InChI is InChI=1S/C17H27ClN2O/c1-3-19-17(15-5-4-6-16(18)11-15)8-10-20-9-7-14(12-20)13-21-2/h4-6,11,14,17,19H,3,7-10,12-13H2,1-2H3. The van der Waals surface area contributed by atoms with Crippen molar-refractivity contribution >= 4 is 11.6 Å². The third-order valence-corrected chi connectivity index (χ3v) is 4.44. The summed E-state index contributed by atoms with van der Waals surface area (Å²) in [4.78, 5) is 2.55. The maximum atomic E-state index is 6.12. The number of halogens is 1. The molecule has 0 bridgehead atoms. The lowest BCUT2D eigenvalue weighted by molar-refractivity contribution is 0.152. The molecule has 0 radical (unpaired) electrons. The second-order valence-corrected chi connectivity index (χ2v) is 6.30. The zero-order valence-corrected chi connectivity index (χ0v) is 13.9. The molecule has 0 amide bonds. The van der Waals surface area contributed by atoms with Crippen LogP contribution in [0.1, 0.15) is 31.4 Å². The van der Waals surface area contributed by atoms with Gasteiger partial charge in [0, 0.05) is 24.7 Å². The summed E-state index contributed by atoms with van der Waals surface area (Å²) in [5.41, 5.74) is 1.29. The van der Waals surface area contributed by atoms with Gasteiger partial charge in [0.2, 0.25) is 0 Å². The number of ether oxygens (including phenoxy) is 1. The minimum Gasteiger partial charge on any atom is -0.384 e.